The maximum Gasteiger partial charge on any atom is 0.255 e. The fourth-order valence-corrected chi connectivity index (χ4v) is 5.83. The summed E-state index contributed by atoms with van der Waals surface area (Å²) < 4.78 is 4.78. The number of amides is 2. The lowest BCUT2D eigenvalue weighted by atomic mass is 9.60. The molecule has 12 heteroatoms. The van der Waals surface area contributed by atoms with Crippen LogP contribution < -0.4 is 11.1 Å². The molecular formula is C27H25N3O9. The van der Waals surface area contributed by atoms with E-state index >= 15 is 0 Å². The number of nitrogens with two attached hydrogens (primary N) is 1. The molecule has 1 aromatic heterocycles. The van der Waals surface area contributed by atoms with Gasteiger partial charge >= 0.3 is 0 Å². The SMILES string of the molecule is COCC(=O)Nc1ccc(-c2ccc(O)c3c2C[C@H]2C[C@H]4CC(O)=C(C(N)=O)C(=O)[C@@]4(O)C(O)=C2C3=O)cn1. The molecule has 0 aliphatic heterocycles. The fraction of sp³-hybridized carbons (Fsp3) is 0.296. The number of benzene rings is 1. The van der Waals surface area contributed by atoms with Crippen molar-refractivity contribution in [1.82, 2.24) is 4.98 Å². The van der Waals surface area contributed by atoms with Gasteiger partial charge in [-0.1, -0.05) is 6.07 Å². The average molecular weight is 536 g/mol. The molecule has 12 nitrogen and oxygen atoms in total. The molecule has 3 aliphatic rings. The first-order valence-corrected chi connectivity index (χ1v) is 12.1. The number of carbonyl (C=O) groups excluding carboxylic acids is 4. The van der Waals surface area contributed by atoms with Gasteiger partial charge < -0.3 is 36.2 Å². The second kappa shape index (κ2) is 9.33. The van der Waals surface area contributed by atoms with Crippen LogP contribution in [0.4, 0.5) is 5.82 Å². The number of allylic oxidation sites excluding steroid dienone is 2. The largest absolute Gasteiger partial charge is 0.511 e. The predicted octanol–water partition coefficient (Wildman–Crippen LogP) is 1.23. The molecular weight excluding hydrogens is 510 g/mol. The van der Waals surface area contributed by atoms with Crippen LogP contribution in [0.2, 0.25) is 0 Å². The van der Waals surface area contributed by atoms with Crippen molar-refractivity contribution in [1.29, 1.82) is 0 Å². The number of aromatic hydroxyl groups is 1. The molecule has 7 N–H and O–H groups in total. The van der Waals surface area contributed by atoms with E-state index in [0.717, 1.165) is 0 Å². The number of fused-ring (bicyclic) bond motifs is 3. The highest BCUT2D eigenvalue weighted by atomic mass is 16.5. The van der Waals surface area contributed by atoms with Crippen molar-refractivity contribution in [3.63, 3.8) is 0 Å². The van der Waals surface area contributed by atoms with Crippen LogP contribution in [-0.2, 0) is 25.5 Å². The zero-order valence-electron chi connectivity index (χ0n) is 20.7. The molecule has 5 rings (SSSR count). The Bertz CT molecular complexity index is 1510. The number of Topliss-reactive ketones (excluding diaryl/α,β-unsaturated/α-hetero) is 2. The summed E-state index contributed by atoms with van der Waals surface area (Å²) >= 11 is 0. The number of nitrogens with one attached hydrogen (secondary N) is 1. The van der Waals surface area contributed by atoms with Crippen LogP contribution in [0.3, 0.4) is 0 Å². The first-order valence-electron chi connectivity index (χ1n) is 12.1. The van der Waals surface area contributed by atoms with Gasteiger partial charge in [-0.15, -0.1) is 0 Å². The Morgan fingerprint density at radius 3 is 2.54 bits per heavy atom. The summed E-state index contributed by atoms with van der Waals surface area (Å²) in [7, 11) is 1.39. The normalized spacial score (nSPS) is 24.2. The van der Waals surface area contributed by atoms with E-state index in [0.29, 0.717) is 16.7 Å². The predicted molar refractivity (Wildman–Crippen MR) is 135 cm³/mol. The molecule has 1 heterocycles. The molecule has 1 aromatic carbocycles. The molecule has 0 saturated carbocycles. The van der Waals surface area contributed by atoms with Crippen molar-refractivity contribution < 1.29 is 44.3 Å². The zero-order chi connectivity index (χ0) is 28.2. The van der Waals surface area contributed by atoms with Gasteiger partial charge in [-0.3, -0.25) is 19.2 Å². The van der Waals surface area contributed by atoms with Crippen molar-refractivity contribution in [2.24, 2.45) is 17.6 Å². The molecule has 3 atom stereocenters. The van der Waals surface area contributed by atoms with Gasteiger partial charge in [0.1, 0.15) is 35.3 Å². The average Bonchev–Trinajstić information content (AvgIpc) is 2.87. The van der Waals surface area contributed by atoms with Crippen molar-refractivity contribution in [3.8, 4) is 16.9 Å². The summed E-state index contributed by atoms with van der Waals surface area (Å²) in [6.07, 6.45) is 1.38. The molecule has 202 valence electrons. The lowest BCUT2D eigenvalue weighted by Crippen LogP contribution is -2.57. The molecule has 0 unspecified atom stereocenters. The number of aliphatic hydroxyl groups is 3. The number of carbonyl (C=O) groups is 4. The number of phenolic OH excluding ortho intramolecular Hbond substituents is 1. The van der Waals surface area contributed by atoms with Gasteiger partial charge in [0, 0.05) is 36.8 Å². The number of anilines is 1. The van der Waals surface area contributed by atoms with Crippen molar-refractivity contribution in [2.45, 2.75) is 24.9 Å². The minimum Gasteiger partial charge on any atom is -0.511 e. The number of rotatable bonds is 5. The van der Waals surface area contributed by atoms with Crippen LogP contribution in [-0.4, -0.2) is 68.1 Å². The van der Waals surface area contributed by atoms with E-state index in [-0.39, 0.29) is 54.5 Å². The van der Waals surface area contributed by atoms with E-state index in [4.69, 9.17) is 10.5 Å². The second-order valence-corrected chi connectivity index (χ2v) is 9.81. The lowest BCUT2D eigenvalue weighted by Gasteiger charge is -2.45. The Morgan fingerprint density at radius 2 is 1.90 bits per heavy atom. The lowest BCUT2D eigenvalue weighted by molar-refractivity contribution is -0.144. The quantitative estimate of drug-likeness (QED) is 0.302. The number of ketones is 2. The topological polar surface area (TPSA) is 209 Å². The molecule has 2 aromatic rings. The fourth-order valence-electron chi connectivity index (χ4n) is 5.83. The first-order chi connectivity index (χ1) is 18.5. The van der Waals surface area contributed by atoms with E-state index in [1.807, 2.05) is 0 Å². The minimum absolute atomic E-state index is 0.0285. The van der Waals surface area contributed by atoms with E-state index in [1.54, 1.807) is 18.2 Å². The Kier molecular flexibility index (Phi) is 6.24. The number of primary amides is 1. The Labute approximate surface area is 221 Å². The molecule has 2 amide bonds. The molecule has 0 radical (unpaired) electrons. The van der Waals surface area contributed by atoms with Crippen LogP contribution in [0.25, 0.3) is 11.1 Å². The van der Waals surface area contributed by atoms with Crippen LogP contribution >= 0.6 is 0 Å². The number of aromatic nitrogens is 1. The van der Waals surface area contributed by atoms with Crippen LogP contribution in [0.5, 0.6) is 5.75 Å². The Hall–Kier alpha value is -4.55. The number of ether oxygens (including phenoxy) is 1. The smallest absolute Gasteiger partial charge is 0.255 e. The van der Waals surface area contributed by atoms with Gasteiger partial charge in [-0.2, -0.15) is 0 Å². The van der Waals surface area contributed by atoms with Crippen LogP contribution in [0.15, 0.2) is 53.1 Å². The number of pyridine rings is 1. The number of hydrogen-bond acceptors (Lipinski definition) is 10. The van der Waals surface area contributed by atoms with Crippen molar-refractivity contribution in [3.05, 3.63) is 64.3 Å². The maximum absolute atomic E-state index is 13.7. The standard InChI is InChI=1S/C27H25N3O9/c1-39-10-19(33)30-18-5-2-11(9-29-18)14-3-4-16(31)21-15(14)7-12-6-13-8-17(32)22(26(28)37)25(36)27(13,38)24(35)20(12)23(21)34/h2-5,9,12-13,31-32,35,38H,6-8,10H2,1H3,(H2,28,37)(H,29,30,33)/t12-,13+,27+/m1/s1. The van der Waals surface area contributed by atoms with Crippen LogP contribution in [0.1, 0.15) is 28.8 Å². The van der Waals surface area contributed by atoms with E-state index in [9.17, 15) is 39.6 Å². The van der Waals surface area contributed by atoms with Gasteiger partial charge in [-0.05, 0) is 48.1 Å². The van der Waals surface area contributed by atoms with Crippen LogP contribution in [0, 0.1) is 11.8 Å². The summed E-state index contributed by atoms with van der Waals surface area (Å²) in [4.78, 5) is 54.5. The zero-order valence-corrected chi connectivity index (χ0v) is 20.7. The second-order valence-electron chi connectivity index (χ2n) is 9.81. The van der Waals surface area contributed by atoms with E-state index in [1.165, 1.54) is 19.4 Å². The third kappa shape index (κ3) is 3.96. The first kappa shape index (κ1) is 26.1. The highest BCUT2D eigenvalue weighted by molar-refractivity contribution is 6.24. The summed E-state index contributed by atoms with van der Waals surface area (Å²) in [5.74, 6) is -6.91. The molecule has 0 spiro atoms. The van der Waals surface area contributed by atoms with Gasteiger partial charge in [0.25, 0.3) is 11.8 Å². The maximum atomic E-state index is 13.7. The molecule has 0 bridgehead atoms. The Morgan fingerprint density at radius 1 is 1.15 bits per heavy atom. The monoisotopic (exact) mass is 535 g/mol. The van der Waals surface area contributed by atoms with Crippen molar-refractivity contribution in [2.75, 3.05) is 19.0 Å². The molecule has 0 fully saturated rings. The van der Waals surface area contributed by atoms with Gasteiger partial charge in [0.05, 0.1) is 5.56 Å². The number of nitrogens with zero attached hydrogens (tertiary/aromatic N) is 1. The van der Waals surface area contributed by atoms with Gasteiger partial charge in [0.2, 0.25) is 5.78 Å². The summed E-state index contributed by atoms with van der Waals surface area (Å²) in [6.45, 7) is -0.139. The van der Waals surface area contributed by atoms with E-state index in [2.05, 4.69) is 10.3 Å². The summed E-state index contributed by atoms with van der Waals surface area (Å²) in [5.41, 5.74) is 3.10. The van der Waals surface area contributed by atoms with E-state index < -0.39 is 52.0 Å². The number of phenols is 1. The summed E-state index contributed by atoms with van der Waals surface area (Å²) in [5, 5.41) is 46.0. The third-order valence-electron chi connectivity index (χ3n) is 7.56. The van der Waals surface area contributed by atoms with Gasteiger partial charge in [-0.25, -0.2) is 4.98 Å². The number of aliphatic hydroxyl groups excluding tert-OH is 2. The van der Waals surface area contributed by atoms with Gasteiger partial charge in [0.15, 0.2) is 11.4 Å². The Balaban J connectivity index is 1.57. The summed E-state index contributed by atoms with van der Waals surface area (Å²) in [6, 6.07) is 6.19. The highest BCUT2D eigenvalue weighted by Gasteiger charge is 2.59. The van der Waals surface area contributed by atoms with Crippen molar-refractivity contribution >= 4 is 29.2 Å². The minimum atomic E-state index is -2.62. The third-order valence-corrected chi connectivity index (χ3v) is 7.56. The molecule has 0 saturated heterocycles. The molecule has 39 heavy (non-hydrogen) atoms. The highest BCUT2D eigenvalue weighted by Crippen LogP contribution is 2.52. The number of methoxy groups -OCH3 is 1. The number of hydrogen-bond donors (Lipinski definition) is 6. The molecule has 3 aliphatic carbocycles.